The van der Waals surface area contributed by atoms with E-state index in [2.05, 4.69) is 20.7 Å². The van der Waals surface area contributed by atoms with E-state index in [0.29, 0.717) is 10.8 Å². The number of tetrazole rings is 1. The standard InChI is InChI=1S/C13H10ClN5O2/c1-19-17-13(16-18-19)15-12(20)11-7-6-10(21-11)8-2-4-9(14)5-3-8/h2-7H,1H3,(H,15,17,20). The maximum Gasteiger partial charge on any atom is 0.293 e. The van der Waals surface area contributed by atoms with Gasteiger partial charge >= 0.3 is 0 Å². The van der Waals surface area contributed by atoms with E-state index >= 15 is 0 Å². The molecule has 7 nitrogen and oxygen atoms in total. The zero-order valence-electron chi connectivity index (χ0n) is 10.9. The van der Waals surface area contributed by atoms with E-state index < -0.39 is 5.91 Å². The number of carbonyl (C=O) groups excluding carboxylic acids is 1. The largest absolute Gasteiger partial charge is 0.451 e. The number of halogens is 1. The van der Waals surface area contributed by atoms with Crippen molar-refractivity contribution in [3.8, 4) is 11.3 Å². The van der Waals surface area contributed by atoms with Gasteiger partial charge in [0.15, 0.2) is 5.76 Å². The molecular formula is C13H10ClN5O2. The van der Waals surface area contributed by atoms with Crippen LogP contribution in [0.4, 0.5) is 5.95 Å². The van der Waals surface area contributed by atoms with E-state index in [4.69, 9.17) is 16.0 Å². The van der Waals surface area contributed by atoms with Crippen LogP contribution in [0.2, 0.25) is 5.02 Å². The number of aryl methyl sites for hydroxylation is 1. The lowest BCUT2D eigenvalue weighted by Gasteiger charge is -1.98. The van der Waals surface area contributed by atoms with Gasteiger partial charge in [0, 0.05) is 10.6 Å². The lowest BCUT2D eigenvalue weighted by atomic mass is 10.2. The Morgan fingerprint density at radius 3 is 2.67 bits per heavy atom. The fourth-order valence-electron chi connectivity index (χ4n) is 1.73. The molecule has 0 spiro atoms. The number of rotatable bonds is 3. The molecule has 0 aliphatic carbocycles. The Morgan fingerprint density at radius 1 is 1.24 bits per heavy atom. The molecular weight excluding hydrogens is 294 g/mol. The van der Waals surface area contributed by atoms with Crippen LogP contribution in [-0.2, 0) is 7.05 Å². The molecule has 8 heteroatoms. The first-order valence-electron chi connectivity index (χ1n) is 6.03. The van der Waals surface area contributed by atoms with Gasteiger partial charge < -0.3 is 4.42 Å². The van der Waals surface area contributed by atoms with Gasteiger partial charge in [-0.25, -0.2) is 0 Å². The summed E-state index contributed by atoms with van der Waals surface area (Å²) in [5.41, 5.74) is 0.830. The van der Waals surface area contributed by atoms with Crippen molar-refractivity contribution in [1.29, 1.82) is 0 Å². The SMILES string of the molecule is Cn1nnc(NC(=O)c2ccc(-c3ccc(Cl)cc3)o2)n1. The van der Waals surface area contributed by atoms with Gasteiger partial charge in [-0.3, -0.25) is 10.1 Å². The third-order valence-electron chi connectivity index (χ3n) is 2.69. The number of amides is 1. The van der Waals surface area contributed by atoms with Crippen molar-refractivity contribution in [2.75, 3.05) is 5.32 Å². The van der Waals surface area contributed by atoms with Crippen LogP contribution < -0.4 is 5.32 Å². The number of nitrogens with zero attached hydrogens (tertiary/aromatic N) is 4. The van der Waals surface area contributed by atoms with E-state index in [1.807, 2.05) is 12.1 Å². The fraction of sp³-hybridized carbons (Fsp3) is 0.0769. The fourth-order valence-corrected chi connectivity index (χ4v) is 1.85. The van der Waals surface area contributed by atoms with Gasteiger partial charge in [0.1, 0.15) is 5.76 Å². The second kappa shape index (κ2) is 5.37. The molecule has 2 heterocycles. The summed E-state index contributed by atoms with van der Waals surface area (Å²) in [5, 5.41) is 14.3. The van der Waals surface area contributed by atoms with Crippen LogP contribution in [0.5, 0.6) is 0 Å². The Hall–Kier alpha value is -2.67. The monoisotopic (exact) mass is 303 g/mol. The molecule has 0 aliphatic rings. The zero-order valence-corrected chi connectivity index (χ0v) is 11.7. The van der Waals surface area contributed by atoms with Crippen LogP contribution in [0, 0.1) is 0 Å². The Kier molecular flexibility index (Phi) is 3.41. The van der Waals surface area contributed by atoms with Gasteiger partial charge in [-0.1, -0.05) is 16.7 Å². The Morgan fingerprint density at radius 2 is 2.00 bits per heavy atom. The summed E-state index contributed by atoms with van der Waals surface area (Å²) in [7, 11) is 1.61. The Bertz CT molecular complexity index is 778. The lowest BCUT2D eigenvalue weighted by Crippen LogP contribution is -2.12. The summed E-state index contributed by atoms with van der Waals surface area (Å²) in [6.45, 7) is 0. The average Bonchev–Trinajstić information content (AvgIpc) is 3.09. The Labute approximate surface area is 124 Å². The molecule has 2 aromatic heterocycles. The number of aromatic nitrogens is 4. The van der Waals surface area contributed by atoms with Crippen LogP contribution >= 0.6 is 11.6 Å². The molecule has 3 rings (SSSR count). The molecule has 106 valence electrons. The molecule has 21 heavy (non-hydrogen) atoms. The molecule has 1 aromatic carbocycles. The van der Waals surface area contributed by atoms with E-state index in [9.17, 15) is 4.79 Å². The topological polar surface area (TPSA) is 85.8 Å². The highest BCUT2D eigenvalue weighted by molar-refractivity contribution is 6.30. The molecule has 1 amide bonds. The third-order valence-corrected chi connectivity index (χ3v) is 2.94. The summed E-state index contributed by atoms with van der Waals surface area (Å²) in [4.78, 5) is 13.2. The van der Waals surface area contributed by atoms with Crippen LogP contribution in [0.3, 0.4) is 0 Å². The second-order valence-electron chi connectivity index (χ2n) is 4.23. The first-order valence-corrected chi connectivity index (χ1v) is 6.41. The van der Waals surface area contributed by atoms with Crippen LogP contribution in [0.1, 0.15) is 10.6 Å². The zero-order chi connectivity index (χ0) is 14.8. The highest BCUT2D eigenvalue weighted by atomic mass is 35.5. The minimum absolute atomic E-state index is 0.118. The summed E-state index contributed by atoms with van der Waals surface area (Å²) in [6.07, 6.45) is 0. The summed E-state index contributed by atoms with van der Waals surface area (Å²) < 4.78 is 5.51. The van der Waals surface area contributed by atoms with Gasteiger partial charge in [0.25, 0.3) is 11.9 Å². The van der Waals surface area contributed by atoms with Crippen LogP contribution in [0.25, 0.3) is 11.3 Å². The van der Waals surface area contributed by atoms with Crippen LogP contribution in [0.15, 0.2) is 40.8 Å². The quantitative estimate of drug-likeness (QED) is 0.803. The highest BCUT2D eigenvalue weighted by Crippen LogP contribution is 2.24. The molecule has 0 radical (unpaired) electrons. The maximum absolute atomic E-state index is 12.0. The lowest BCUT2D eigenvalue weighted by molar-refractivity contribution is 0.0996. The van der Waals surface area contributed by atoms with Crippen molar-refractivity contribution >= 4 is 23.5 Å². The summed E-state index contributed by atoms with van der Waals surface area (Å²) in [6, 6.07) is 10.4. The predicted molar refractivity (Wildman–Crippen MR) is 75.9 cm³/mol. The minimum Gasteiger partial charge on any atom is -0.451 e. The molecule has 1 N–H and O–H groups in total. The Balaban J connectivity index is 1.78. The van der Waals surface area contributed by atoms with Gasteiger partial charge in [0.05, 0.1) is 7.05 Å². The minimum atomic E-state index is -0.441. The molecule has 0 saturated heterocycles. The normalized spacial score (nSPS) is 10.6. The number of benzene rings is 1. The number of carbonyl (C=O) groups is 1. The van der Waals surface area contributed by atoms with Gasteiger partial charge in [-0.15, -0.1) is 5.10 Å². The first-order chi connectivity index (χ1) is 10.1. The molecule has 0 atom stereocenters. The summed E-state index contributed by atoms with van der Waals surface area (Å²) in [5.74, 6) is 0.409. The van der Waals surface area contributed by atoms with Gasteiger partial charge in [-0.05, 0) is 41.6 Å². The first kappa shape index (κ1) is 13.3. The van der Waals surface area contributed by atoms with E-state index in [0.717, 1.165) is 5.56 Å². The average molecular weight is 304 g/mol. The molecule has 0 bridgehead atoms. The third kappa shape index (κ3) is 2.92. The van der Waals surface area contributed by atoms with E-state index in [1.54, 1.807) is 31.3 Å². The molecule has 3 aromatic rings. The molecule has 0 unspecified atom stereocenters. The van der Waals surface area contributed by atoms with Gasteiger partial charge in [0.2, 0.25) is 0 Å². The predicted octanol–water partition coefficient (Wildman–Crippen LogP) is 2.38. The van der Waals surface area contributed by atoms with Crippen molar-refractivity contribution in [3.63, 3.8) is 0 Å². The van der Waals surface area contributed by atoms with Crippen molar-refractivity contribution in [1.82, 2.24) is 20.2 Å². The van der Waals surface area contributed by atoms with E-state index in [1.165, 1.54) is 4.80 Å². The smallest absolute Gasteiger partial charge is 0.293 e. The van der Waals surface area contributed by atoms with E-state index in [-0.39, 0.29) is 11.7 Å². The molecule has 0 aliphatic heterocycles. The van der Waals surface area contributed by atoms with Crippen molar-refractivity contribution in [2.45, 2.75) is 0 Å². The van der Waals surface area contributed by atoms with Gasteiger partial charge in [-0.2, -0.15) is 4.80 Å². The second-order valence-corrected chi connectivity index (χ2v) is 4.66. The van der Waals surface area contributed by atoms with Crippen molar-refractivity contribution < 1.29 is 9.21 Å². The van der Waals surface area contributed by atoms with Crippen LogP contribution in [-0.4, -0.2) is 26.1 Å². The maximum atomic E-state index is 12.0. The number of nitrogens with one attached hydrogen (secondary N) is 1. The number of anilines is 1. The number of furan rings is 1. The summed E-state index contributed by atoms with van der Waals surface area (Å²) >= 11 is 5.83. The number of hydrogen-bond donors (Lipinski definition) is 1. The molecule has 0 fully saturated rings. The van der Waals surface area contributed by atoms with Crippen molar-refractivity contribution in [2.24, 2.45) is 7.05 Å². The molecule has 0 saturated carbocycles. The van der Waals surface area contributed by atoms with Crippen molar-refractivity contribution in [3.05, 3.63) is 47.2 Å². The number of hydrogen-bond acceptors (Lipinski definition) is 5. The highest BCUT2D eigenvalue weighted by Gasteiger charge is 2.14.